The molecule has 2 aromatic carbocycles. The predicted molar refractivity (Wildman–Crippen MR) is 106 cm³/mol. The molecule has 0 radical (unpaired) electrons. The number of nitrogens with zero attached hydrogens (tertiary/aromatic N) is 1. The van der Waals surface area contributed by atoms with Crippen LogP contribution in [0.2, 0.25) is 0 Å². The first kappa shape index (κ1) is 19.1. The number of carbonyl (C=O) groups is 2. The van der Waals surface area contributed by atoms with Crippen LogP contribution in [0.25, 0.3) is 11.3 Å². The number of hydrogen-bond donors (Lipinski definition) is 1. The van der Waals surface area contributed by atoms with Crippen LogP contribution in [0.1, 0.15) is 28.6 Å². The van der Waals surface area contributed by atoms with Crippen molar-refractivity contribution in [1.82, 2.24) is 5.43 Å². The maximum atomic E-state index is 11.9. The monoisotopic (exact) mass is 376 g/mol. The zero-order chi connectivity index (χ0) is 19.8. The van der Waals surface area contributed by atoms with E-state index in [-0.39, 0.29) is 18.3 Å². The molecular weight excluding hydrogens is 356 g/mol. The molecule has 3 aromatic rings. The number of hydrogen-bond acceptors (Lipinski definition) is 5. The van der Waals surface area contributed by atoms with Gasteiger partial charge in [-0.05, 0) is 36.8 Å². The molecule has 6 heteroatoms. The number of ether oxygens (including phenoxy) is 1. The van der Waals surface area contributed by atoms with Gasteiger partial charge in [-0.1, -0.05) is 42.5 Å². The van der Waals surface area contributed by atoms with Gasteiger partial charge in [0.25, 0.3) is 0 Å². The highest BCUT2D eigenvalue weighted by Crippen LogP contribution is 2.22. The maximum absolute atomic E-state index is 11.9. The van der Waals surface area contributed by atoms with Crippen molar-refractivity contribution >= 4 is 18.1 Å². The zero-order valence-electron chi connectivity index (χ0n) is 15.4. The normalized spacial score (nSPS) is 10.8. The number of rotatable bonds is 7. The average molecular weight is 376 g/mol. The number of furan rings is 1. The van der Waals surface area contributed by atoms with Crippen LogP contribution in [0.3, 0.4) is 0 Å². The molecule has 6 nitrogen and oxygen atoms in total. The Bertz CT molecular complexity index is 960. The first-order chi connectivity index (χ1) is 13.7. The molecule has 0 spiro atoms. The summed E-state index contributed by atoms with van der Waals surface area (Å²) in [5.41, 5.74) is 4.70. The van der Waals surface area contributed by atoms with Crippen molar-refractivity contribution in [2.75, 3.05) is 6.61 Å². The Morgan fingerprint density at radius 3 is 2.50 bits per heavy atom. The molecule has 0 fully saturated rings. The minimum atomic E-state index is -0.354. The first-order valence-electron chi connectivity index (χ1n) is 8.89. The molecule has 142 valence electrons. The second kappa shape index (κ2) is 9.32. The fourth-order valence-corrected chi connectivity index (χ4v) is 2.55. The molecule has 1 heterocycles. The van der Waals surface area contributed by atoms with Gasteiger partial charge in [0, 0.05) is 5.56 Å². The Kier molecular flexibility index (Phi) is 6.36. The van der Waals surface area contributed by atoms with Gasteiger partial charge >= 0.3 is 5.97 Å². The Labute approximate surface area is 162 Å². The van der Waals surface area contributed by atoms with E-state index in [9.17, 15) is 9.59 Å². The van der Waals surface area contributed by atoms with Crippen LogP contribution in [0, 0.1) is 0 Å². The van der Waals surface area contributed by atoms with Gasteiger partial charge in [0.2, 0.25) is 5.91 Å². The number of amides is 1. The highest BCUT2D eigenvalue weighted by atomic mass is 16.5. The van der Waals surface area contributed by atoms with Crippen LogP contribution in [-0.4, -0.2) is 24.7 Å². The van der Waals surface area contributed by atoms with E-state index in [4.69, 9.17) is 9.15 Å². The topological polar surface area (TPSA) is 80.9 Å². The molecular formula is C22H20N2O4. The number of nitrogens with one attached hydrogen (secondary N) is 1. The molecule has 1 amide bonds. The summed E-state index contributed by atoms with van der Waals surface area (Å²) in [6, 6.07) is 19.9. The first-order valence-corrected chi connectivity index (χ1v) is 8.89. The second-order valence-electron chi connectivity index (χ2n) is 5.96. The van der Waals surface area contributed by atoms with E-state index in [0.717, 1.165) is 11.1 Å². The molecule has 0 saturated carbocycles. The lowest BCUT2D eigenvalue weighted by Crippen LogP contribution is -2.19. The summed E-state index contributed by atoms with van der Waals surface area (Å²) in [4.78, 5) is 23.6. The van der Waals surface area contributed by atoms with E-state index in [2.05, 4.69) is 10.5 Å². The summed E-state index contributed by atoms with van der Waals surface area (Å²) in [6.07, 6.45) is 1.70. The Morgan fingerprint density at radius 2 is 1.79 bits per heavy atom. The van der Waals surface area contributed by atoms with Gasteiger partial charge in [-0.15, -0.1) is 0 Å². The maximum Gasteiger partial charge on any atom is 0.338 e. The second-order valence-corrected chi connectivity index (χ2v) is 5.96. The van der Waals surface area contributed by atoms with E-state index in [1.807, 2.05) is 30.3 Å². The molecule has 1 N–H and O–H groups in total. The van der Waals surface area contributed by atoms with E-state index >= 15 is 0 Å². The average Bonchev–Trinajstić information content (AvgIpc) is 3.18. The van der Waals surface area contributed by atoms with Gasteiger partial charge in [-0.2, -0.15) is 5.10 Å². The Hall–Kier alpha value is -3.67. The van der Waals surface area contributed by atoms with Gasteiger partial charge in [0.1, 0.15) is 11.5 Å². The van der Waals surface area contributed by atoms with E-state index in [1.54, 1.807) is 43.3 Å². The number of esters is 1. The summed E-state index contributed by atoms with van der Waals surface area (Å²) in [5.74, 6) is 0.577. The molecule has 0 atom stereocenters. The lowest BCUT2D eigenvalue weighted by Gasteiger charge is -2.02. The van der Waals surface area contributed by atoms with Crippen molar-refractivity contribution in [2.45, 2.75) is 13.3 Å². The van der Waals surface area contributed by atoms with Crippen molar-refractivity contribution in [2.24, 2.45) is 5.10 Å². The van der Waals surface area contributed by atoms with Crippen LogP contribution in [0.15, 0.2) is 76.2 Å². The van der Waals surface area contributed by atoms with Crippen LogP contribution >= 0.6 is 0 Å². The fourth-order valence-electron chi connectivity index (χ4n) is 2.55. The van der Waals surface area contributed by atoms with Crippen LogP contribution in [-0.2, 0) is 16.0 Å². The molecule has 0 saturated heterocycles. The van der Waals surface area contributed by atoms with Crippen molar-refractivity contribution in [3.8, 4) is 11.3 Å². The number of benzene rings is 2. The van der Waals surface area contributed by atoms with Gasteiger partial charge in [-0.25, -0.2) is 10.2 Å². The van der Waals surface area contributed by atoms with Crippen LogP contribution in [0.4, 0.5) is 0 Å². The molecule has 0 aliphatic carbocycles. The summed E-state index contributed by atoms with van der Waals surface area (Å²) >= 11 is 0. The molecule has 28 heavy (non-hydrogen) atoms. The lowest BCUT2D eigenvalue weighted by atomic mass is 10.1. The van der Waals surface area contributed by atoms with Crippen molar-refractivity contribution < 1.29 is 18.7 Å². The third kappa shape index (κ3) is 5.17. The number of hydrazone groups is 1. The SMILES string of the molecule is CCOC(=O)c1ccc(-c2ccc(/C=N\NC(=O)Cc3ccccc3)o2)cc1. The lowest BCUT2D eigenvalue weighted by molar-refractivity contribution is -0.120. The highest BCUT2D eigenvalue weighted by molar-refractivity contribution is 5.90. The standard InChI is InChI=1S/C22H20N2O4/c1-2-27-22(26)18-10-8-17(9-11-18)20-13-12-19(28-20)15-23-24-21(25)14-16-6-4-3-5-7-16/h3-13,15H,2,14H2,1H3,(H,24,25)/b23-15-. The summed E-state index contributed by atoms with van der Waals surface area (Å²) < 4.78 is 10.7. The van der Waals surface area contributed by atoms with Crippen molar-refractivity contribution in [1.29, 1.82) is 0 Å². The third-order valence-corrected chi connectivity index (χ3v) is 3.90. The summed E-state index contributed by atoms with van der Waals surface area (Å²) in [7, 11) is 0. The van der Waals surface area contributed by atoms with Crippen LogP contribution < -0.4 is 5.43 Å². The Morgan fingerprint density at radius 1 is 1.04 bits per heavy atom. The number of carbonyl (C=O) groups excluding carboxylic acids is 2. The highest BCUT2D eigenvalue weighted by Gasteiger charge is 2.08. The van der Waals surface area contributed by atoms with Gasteiger partial charge < -0.3 is 9.15 Å². The summed E-state index contributed by atoms with van der Waals surface area (Å²) in [5, 5.41) is 3.92. The van der Waals surface area contributed by atoms with Gasteiger partial charge in [-0.3, -0.25) is 4.79 Å². The van der Waals surface area contributed by atoms with E-state index < -0.39 is 0 Å². The third-order valence-electron chi connectivity index (χ3n) is 3.90. The largest absolute Gasteiger partial charge is 0.462 e. The minimum Gasteiger partial charge on any atom is -0.462 e. The molecule has 0 aliphatic heterocycles. The zero-order valence-corrected chi connectivity index (χ0v) is 15.4. The Balaban J connectivity index is 1.57. The molecule has 3 rings (SSSR count). The fraction of sp³-hybridized carbons (Fsp3) is 0.136. The molecule has 0 bridgehead atoms. The molecule has 0 unspecified atom stereocenters. The van der Waals surface area contributed by atoms with Crippen molar-refractivity contribution in [3.63, 3.8) is 0 Å². The van der Waals surface area contributed by atoms with Crippen LogP contribution in [0.5, 0.6) is 0 Å². The van der Waals surface area contributed by atoms with Crippen molar-refractivity contribution in [3.05, 3.63) is 83.6 Å². The predicted octanol–water partition coefficient (Wildman–Crippen LogP) is 3.82. The van der Waals surface area contributed by atoms with Gasteiger partial charge in [0.15, 0.2) is 0 Å². The quantitative estimate of drug-likeness (QED) is 0.386. The smallest absolute Gasteiger partial charge is 0.338 e. The van der Waals surface area contributed by atoms with E-state index in [1.165, 1.54) is 6.21 Å². The minimum absolute atomic E-state index is 0.205. The summed E-state index contributed by atoms with van der Waals surface area (Å²) in [6.45, 7) is 2.10. The van der Waals surface area contributed by atoms with Gasteiger partial charge in [0.05, 0.1) is 24.8 Å². The van der Waals surface area contributed by atoms with E-state index in [0.29, 0.717) is 23.7 Å². The molecule has 0 aliphatic rings. The molecule has 1 aromatic heterocycles.